The van der Waals surface area contributed by atoms with Gasteiger partial charge >= 0.3 is 11.9 Å². The summed E-state index contributed by atoms with van der Waals surface area (Å²) in [6.45, 7) is 1.34. The fourth-order valence-corrected chi connectivity index (χ4v) is 5.34. The summed E-state index contributed by atoms with van der Waals surface area (Å²) in [5.41, 5.74) is 3.48. The highest BCUT2D eigenvalue weighted by molar-refractivity contribution is 7.14. The lowest BCUT2D eigenvalue weighted by Crippen LogP contribution is -2.36. The van der Waals surface area contributed by atoms with Crippen LogP contribution in [0, 0.1) is 11.7 Å². The number of anilines is 1. The molecule has 0 bridgehead atoms. The van der Waals surface area contributed by atoms with Crippen LogP contribution in [0.2, 0.25) is 0 Å². The van der Waals surface area contributed by atoms with Crippen LogP contribution in [0.15, 0.2) is 72.1 Å². The summed E-state index contributed by atoms with van der Waals surface area (Å²) in [6.07, 6.45) is 1.20. The molecule has 9 heteroatoms. The molecule has 1 saturated heterocycles. The maximum Gasteiger partial charge on any atom is 0.335 e. The Kier molecular flexibility index (Phi) is 7.37. The number of rotatable bonds is 8. The van der Waals surface area contributed by atoms with Crippen LogP contribution in [0.25, 0.3) is 22.4 Å². The predicted molar refractivity (Wildman–Crippen MR) is 143 cm³/mol. The van der Waals surface area contributed by atoms with Crippen LogP contribution in [-0.2, 0) is 11.4 Å². The van der Waals surface area contributed by atoms with E-state index in [9.17, 15) is 19.1 Å². The van der Waals surface area contributed by atoms with Gasteiger partial charge in [-0.1, -0.05) is 36.4 Å². The van der Waals surface area contributed by atoms with Gasteiger partial charge in [0, 0.05) is 29.6 Å². The maximum absolute atomic E-state index is 14.9. The zero-order valence-corrected chi connectivity index (χ0v) is 21.2. The number of carbonyl (C=O) groups is 2. The quantitative estimate of drug-likeness (QED) is 0.279. The maximum atomic E-state index is 14.9. The molecule has 0 spiro atoms. The van der Waals surface area contributed by atoms with Crippen molar-refractivity contribution in [1.82, 2.24) is 4.98 Å². The first-order chi connectivity index (χ1) is 18.4. The van der Waals surface area contributed by atoms with Crippen LogP contribution in [0.5, 0.6) is 5.75 Å². The Morgan fingerprint density at radius 2 is 1.71 bits per heavy atom. The van der Waals surface area contributed by atoms with Gasteiger partial charge in [-0.2, -0.15) is 0 Å². The van der Waals surface area contributed by atoms with Crippen molar-refractivity contribution in [3.8, 4) is 28.1 Å². The van der Waals surface area contributed by atoms with Crippen LogP contribution < -0.4 is 9.64 Å². The average Bonchev–Trinajstić information content (AvgIpc) is 3.43. The highest BCUT2D eigenvalue weighted by Gasteiger charge is 2.26. The van der Waals surface area contributed by atoms with E-state index in [4.69, 9.17) is 14.8 Å². The molecule has 1 aliphatic rings. The van der Waals surface area contributed by atoms with Crippen molar-refractivity contribution in [3.63, 3.8) is 0 Å². The molecule has 1 aromatic heterocycles. The zero-order chi connectivity index (χ0) is 26.6. The number of carboxylic acids is 2. The van der Waals surface area contributed by atoms with Crippen LogP contribution in [0.4, 0.5) is 9.52 Å². The van der Waals surface area contributed by atoms with Gasteiger partial charge in [-0.3, -0.25) is 4.79 Å². The molecule has 0 atom stereocenters. The fourth-order valence-electron chi connectivity index (χ4n) is 4.46. The third-order valence-electron chi connectivity index (χ3n) is 6.67. The second-order valence-corrected chi connectivity index (χ2v) is 9.92. The number of hydrogen-bond donors (Lipinski definition) is 2. The Morgan fingerprint density at radius 1 is 1.00 bits per heavy atom. The number of aliphatic carboxylic acids is 1. The van der Waals surface area contributed by atoms with Crippen molar-refractivity contribution >= 4 is 28.4 Å². The Labute approximate surface area is 222 Å². The van der Waals surface area contributed by atoms with Gasteiger partial charge in [0.1, 0.15) is 18.2 Å². The van der Waals surface area contributed by atoms with Gasteiger partial charge in [-0.15, -0.1) is 11.3 Å². The molecule has 194 valence electrons. The van der Waals surface area contributed by atoms with Crippen molar-refractivity contribution in [2.75, 3.05) is 18.0 Å². The van der Waals surface area contributed by atoms with E-state index in [-0.39, 0.29) is 18.1 Å². The number of thiazole rings is 1. The molecule has 2 N–H and O–H groups in total. The third kappa shape index (κ3) is 5.52. The number of para-hydroxylation sites is 1. The average molecular weight is 533 g/mol. The topological polar surface area (TPSA) is 100.0 Å². The van der Waals surface area contributed by atoms with Gasteiger partial charge in [-0.25, -0.2) is 14.2 Å². The molecule has 38 heavy (non-hydrogen) atoms. The Balaban J connectivity index is 1.27. The SMILES string of the molecule is O=C(O)c1ccc(-c2ccc(COc3ccccc3-c3csc(N4CCC(C(=O)O)CC4)n3)c(F)c2)cc1. The van der Waals surface area contributed by atoms with Gasteiger partial charge in [0.15, 0.2) is 5.13 Å². The highest BCUT2D eigenvalue weighted by Crippen LogP contribution is 2.35. The lowest BCUT2D eigenvalue weighted by atomic mass is 9.97. The normalized spacial score (nSPS) is 13.9. The summed E-state index contributed by atoms with van der Waals surface area (Å²) in [6, 6.07) is 18.6. The predicted octanol–water partition coefficient (Wildman–Crippen LogP) is 6.19. The molecule has 1 fully saturated rings. The second kappa shape index (κ2) is 11.0. The minimum atomic E-state index is -1.01. The van der Waals surface area contributed by atoms with Crippen LogP contribution in [0.3, 0.4) is 0 Å². The number of aromatic carboxylic acids is 1. The summed E-state index contributed by atoms with van der Waals surface area (Å²) >= 11 is 1.51. The van der Waals surface area contributed by atoms with E-state index in [1.165, 1.54) is 29.5 Å². The van der Waals surface area contributed by atoms with E-state index in [0.717, 1.165) is 22.0 Å². The molecule has 0 radical (unpaired) electrons. The van der Waals surface area contributed by atoms with Gasteiger partial charge in [0.2, 0.25) is 0 Å². The summed E-state index contributed by atoms with van der Waals surface area (Å²) < 4.78 is 21.0. The molecule has 0 unspecified atom stereocenters. The third-order valence-corrected chi connectivity index (χ3v) is 7.57. The summed E-state index contributed by atoms with van der Waals surface area (Å²) in [5, 5.41) is 21.1. The largest absolute Gasteiger partial charge is 0.488 e. The Bertz CT molecular complexity index is 1460. The number of aromatic nitrogens is 1. The molecule has 4 aromatic rings. The van der Waals surface area contributed by atoms with E-state index in [2.05, 4.69) is 4.90 Å². The number of nitrogens with zero attached hydrogens (tertiary/aromatic N) is 2. The number of piperidine rings is 1. The van der Waals surface area contributed by atoms with Crippen LogP contribution in [0.1, 0.15) is 28.8 Å². The molecule has 0 aliphatic carbocycles. The Morgan fingerprint density at radius 3 is 2.39 bits per heavy atom. The minimum Gasteiger partial charge on any atom is -0.488 e. The monoisotopic (exact) mass is 532 g/mol. The van der Waals surface area contributed by atoms with Gasteiger partial charge in [-0.05, 0) is 54.3 Å². The van der Waals surface area contributed by atoms with E-state index in [1.807, 2.05) is 29.6 Å². The molecule has 1 aliphatic heterocycles. The van der Waals surface area contributed by atoms with Gasteiger partial charge in [0.25, 0.3) is 0 Å². The number of halogens is 1. The standard InChI is InChI=1S/C29H25FN2O5S/c30-24-15-21(18-5-7-19(8-6-18)27(33)34)9-10-22(24)16-37-26-4-2-1-3-23(26)25-17-38-29(31-25)32-13-11-20(12-14-32)28(35)36/h1-10,15,17,20H,11-14,16H2,(H,33,34)(H,35,36). The first-order valence-electron chi connectivity index (χ1n) is 12.2. The summed E-state index contributed by atoms with van der Waals surface area (Å²) in [7, 11) is 0. The molecule has 0 saturated carbocycles. The van der Waals surface area contributed by atoms with E-state index < -0.39 is 17.8 Å². The van der Waals surface area contributed by atoms with Gasteiger partial charge in [0.05, 0.1) is 17.2 Å². The summed E-state index contributed by atoms with van der Waals surface area (Å²) in [4.78, 5) is 29.2. The minimum absolute atomic E-state index is 0.0285. The molecule has 7 nitrogen and oxygen atoms in total. The number of ether oxygens (including phenoxy) is 1. The lowest BCUT2D eigenvalue weighted by molar-refractivity contribution is -0.142. The smallest absolute Gasteiger partial charge is 0.335 e. The molecular weight excluding hydrogens is 507 g/mol. The number of benzene rings is 3. The molecule has 2 heterocycles. The van der Waals surface area contributed by atoms with Crippen LogP contribution in [-0.4, -0.2) is 40.2 Å². The molecule has 5 rings (SSSR count). The van der Waals surface area contributed by atoms with Gasteiger partial charge < -0.3 is 19.8 Å². The first kappa shape index (κ1) is 25.4. The van der Waals surface area contributed by atoms with Crippen molar-refractivity contribution in [2.24, 2.45) is 5.92 Å². The fraction of sp³-hybridized carbons (Fsp3) is 0.207. The van der Waals surface area contributed by atoms with Crippen molar-refractivity contribution in [3.05, 3.63) is 89.1 Å². The van der Waals surface area contributed by atoms with Crippen molar-refractivity contribution < 1.29 is 28.9 Å². The highest BCUT2D eigenvalue weighted by atomic mass is 32.1. The number of carboxylic acid groups (broad SMARTS) is 2. The first-order valence-corrected chi connectivity index (χ1v) is 13.0. The Hall–Kier alpha value is -4.24. The lowest BCUT2D eigenvalue weighted by Gasteiger charge is -2.29. The van der Waals surface area contributed by atoms with E-state index in [1.54, 1.807) is 24.3 Å². The van der Waals surface area contributed by atoms with Crippen LogP contribution >= 0.6 is 11.3 Å². The van der Waals surface area contributed by atoms with Crippen molar-refractivity contribution in [1.29, 1.82) is 0 Å². The number of hydrogen-bond acceptors (Lipinski definition) is 6. The second-order valence-electron chi connectivity index (χ2n) is 9.09. The zero-order valence-electron chi connectivity index (χ0n) is 20.3. The van der Waals surface area contributed by atoms with Crippen molar-refractivity contribution in [2.45, 2.75) is 19.4 Å². The molecule has 3 aromatic carbocycles. The molecular formula is C29H25FN2O5S. The van der Waals surface area contributed by atoms with E-state index >= 15 is 0 Å². The molecule has 0 amide bonds. The van der Waals surface area contributed by atoms with E-state index in [0.29, 0.717) is 42.8 Å². The summed E-state index contributed by atoms with van der Waals surface area (Å²) in [5.74, 6) is -1.88.